The zero-order chi connectivity index (χ0) is 13.7. The molecule has 1 heterocycles. The first-order valence-electron chi connectivity index (χ1n) is 5.80. The van der Waals surface area contributed by atoms with Crippen molar-refractivity contribution < 1.29 is 9.15 Å². The summed E-state index contributed by atoms with van der Waals surface area (Å²) in [5.41, 5.74) is 1.67. The van der Waals surface area contributed by atoms with Crippen LogP contribution < -0.4 is 5.32 Å². The molecule has 0 aliphatic rings. The van der Waals surface area contributed by atoms with E-state index in [0.717, 1.165) is 22.3 Å². The van der Waals surface area contributed by atoms with E-state index in [1.165, 1.54) is 6.39 Å². The van der Waals surface area contributed by atoms with Crippen LogP contribution in [-0.2, 0) is 11.3 Å². The Hall–Kier alpha value is -0.880. The Morgan fingerprint density at radius 1 is 1.47 bits per heavy atom. The van der Waals surface area contributed by atoms with Gasteiger partial charge in [-0.25, -0.2) is 4.98 Å². The lowest BCUT2D eigenvalue weighted by Crippen LogP contribution is -2.19. The van der Waals surface area contributed by atoms with Crippen molar-refractivity contribution in [1.82, 2.24) is 10.3 Å². The Labute approximate surface area is 125 Å². The molecule has 0 fully saturated rings. The summed E-state index contributed by atoms with van der Waals surface area (Å²) < 4.78 is 11.4. The maximum Gasteiger partial charge on any atom is 0.181 e. The van der Waals surface area contributed by atoms with Gasteiger partial charge in [0.2, 0.25) is 0 Å². The Kier molecular flexibility index (Phi) is 5.39. The first-order valence-corrected chi connectivity index (χ1v) is 6.97. The number of hydrogen-bond donors (Lipinski definition) is 1. The molecule has 0 unspecified atom stereocenters. The summed E-state index contributed by atoms with van der Waals surface area (Å²) in [5.74, 6) is 0.697. The van der Waals surface area contributed by atoms with Crippen molar-refractivity contribution in [3.8, 4) is 11.3 Å². The summed E-state index contributed by atoms with van der Waals surface area (Å²) in [7, 11) is 1.67. The molecule has 4 nitrogen and oxygen atoms in total. The minimum Gasteiger partial charge on any atom is -0.443 e. The van der Waals surface area contributed by atoms with Gasteiger partial charge in [-0.15, -0.1) is 0 Å². The molecule has 0 amide bonds. The Bertz CT molecular complexity index is 545. The number of oxazole rings is 1. The monoisotopic (exact) mass is 344 g/mol. The van der Waals surface area contributed by atoms with Crippen LogP contribution in [-0.4, -0.2) is 25.2 Å². The molecule has 19 heavy (non-hydrogen) atoms. The van der Waals surface area contributed by atoms with Crippen LogP contribution in [0.1, 0.15) is 5.69 Å². The predicted molar refractivity (Wildman–Crippen MR) is 78.2 cm³/mol. The van der Waals surface area contributed by atoms with Crippen LogP contribution in [0.25, 0.3) is 11.3 Å². The highest BCUT2D eigenvalue weighted by Gasteiger charge is 2.13. The minimum atomic E-state index is 0.613. The maximum absolute atomic E-state index is 6.22. The summed E-state index contributed by atoms with van der Waals surface area (Å²) >= 11 is 9.60. The molecule has 0 bridgehead atoms. The minimum absolute atomic E-state index is 0.613. The predicted octanol–water partition coefficient (Wildman–Crippen LogP) is 3.49. The molecule has 102 valence electrons. The average Bonchev–Trinajstić information content (AvgIpc) is 2.83. The quantitative estimate of drug-likeness (QED) is 0.814. The highest BCUT2D eigenvalue weighted by Crippen LogP contribution is 2.32. The number of ether oxygens (including phenoxy) is 1. The van der Waals surface area contributed by atoms with Crippen molar-refractivity contribution in [3.63, 3.8) is 0 Å². The molecule has 0 spiro atoms. The number of aromatic nitrogens is 1. The third-order valence-electron chi connectivity index (χ3n) is 2.59. The van der Waals surface area contributed by atoms with Crippen molar-refractivity contribution in [3.05, 3.63) is 39.8 Å². The van der Waals surface area contributed by atoms with E-state index in [2.05, 4.69) is 26.2 Å². The number of rotatable bonds is 6. The van der Waals surface area contributed by atoms with Crippen LogP contribution in [0, 0.1) is 0 Å². The molecule has 1 aromatic heterocycles. The van der Waals surface area contributed by atoms with Crippen molar-refractivity contribution in [2.75, 3.05) is 20.3 Å². The first-order chi connectivity index (χ1) is 9.22. The second kappa shape index (κ2) is 7.05. The summed E-state index contributed by atoms with van der Waals surface area (Å²) in [5, 5.41) is 3.86. The molecule has 0 radical (unpaired) electrons. The fourth-order valence-electron chi connectivity index (χ4n) is 1.67. The lowest BCUT2D eigenvalue weighted by molar-refractivity contribution is 0.199. The molecule has 0 aliphatic heterocycles. The smallest absolute Gasteiger partial charge is 0.181 e. The second-order valence-corrected chi connectivity index (χ2v) is 5.24. The van der Waals surface area contributed by atoms with E-state index in [4.69, 9.17) is 20.8 Å². The molecule has 0 saturated carbocycles. The molecule has 0 aliphatic carbocycles. The van der Waals surface area contributed by atoms with Gasteiger partial charge in [0.15, 0.2) is 12.2 Å². The van der Waals surface area contributed by atoms with E-state index in [9.17, 15) is 0 Å². The summed E-state index contributed by atoms with van der Waals surface area (Å²) in [6.45, 7) is 2.03. The molecule has 0 saturated heterocycles. The van der Waals surface area contributed by atoms with Gasteiger partial charge in [-0.05, 0) is 18.2 Å². The number of methoxy groups -OCH3 is 1. The van der Waals surface area contributed by atoms with Crippen molar-refractivity contribution in [1.29, 1.82) is 0 Å². The van der Waals surface area contributed by atoms with Gasteiger partial charge < -0.3 is 14.5 Å². The van der Waals surface area contributed by atoms with Gasteiger partial charge in [0.1, 0.15) is 5.69 Å². The fraction of sp³-hybridized carbons (Fsp3) is 0.308. The number of nitrogens with zero attached hydrogens (tertiary/aromatic N) is 1. The molecule has 1 aromatic carbocycles. The average molecular weight is 346 g/mol. The van der Waals surface area contributed by atoms with Crippen molar-refractivity contribution in [2.45, 2.75) is 6.54 Å². The van der Waals surface area contributed by atoms with Gasteiger partial charge in [-0.1, -0.05) is 27.5 Å². The Morgan fingerprint density at radius 2 is 2.32 bits per heavy atom. The largest absolute Gasteiger partial charge is 0.443 e. The lowest BCUT2D eigenvalue weighted by atomic mass is 10.1. The second-order valence-electron chi connectivity index (χ2n) is 3.92. The number of benzene rings is 1. The van der Waals surface area contributed by atoms with E-state index >= 15 is 0 Å². The van der Waals surface area contributed by atoms with Crippen LogP contribution in [0.3, 0.4) is 0 Å². The summed E-state index contributed by atoms with van der Waals surface area (Å²) in [6, 6.07) is 5.67. The van der Waals surface area contributed by atoms with Crippen LogP contribution in [0.15, 0.2) is 33.5 Å². The Balaban J connectivity index is 2.14. The lowest BCUT2D eigenvalue weighted by Gasteiger charge is -2.05. The van der Waals surface area contributed by atoms with E-state index in [1.807, 2.05) is 18.2 Å². The van der Waals surface area contributed by atoms with E-state index < -0.39 is 0 Å². The van der Waals surface area contributed by atoms with Crippen LogP contribution in [0.2, 0.25) is 5.02 Å². The fourth-order valence-corrected chi connectivity index (χ4v) is 2.43. The van der Waals surface area contributed by atoms with Gasteiger partial charge >= 0.3 is 0 Å². The molecular formula is C13H14BrClN2O2. The zero-order valence-electron chi connectivity index (χ0n) is 10.5. The van der Waals surface area contributed by atoms with Crippen molar-refractivity contribution >= 4 is 27.5 Å². The SMILES string of the molecule is COCCNCc1ncoc1-c1ccc(Br)cc1Cl. The molecule has 1 N–H and O–H groups in total. The first kappa shape index (κ1) is 14.5. The Morgan fingerprint density at radius 3 is 3.05 bits per heavy atom. The molecule has 2 aromatic rings. The summed E-state index contributed by atoms with van der Waals surface area (Å²) in [4.78, 5) is 4.21. The zero-order valence-corrected chi connectivity index (χ0v) is 12.8. The van der Waals surface area contributed by atoms with Crippen LogP contribution >= 0.6 is 27.5 Å². The third-order valence-corrected chi connectivity index (χ3v) is 3.40. The van der Waals surface area contributed by atoms with Gasteiger partial charge in [0, 0.05) is 30.2 Å². The number of nitrogens with one attached hydrogen (secondary N) is 1. The summed E-state index contributed by atoms with van der Waals surface area (Å²) in [6.07, 6.45) is 1.43. The van der Waals surface area contributed by atoms with E-state index in [0.29, 0.717) is 23.9 Å². The van der Waals surface area contributed by atoms with Gasteiger partial charge in [0.25, 0.3) is 0 Å². The molecule has 6 heteroatoms. The van der Waals surface area contributed by atoms with E-state index in [-0.39, 0.29) is 0 Å². The van der Waals surface area contributed by atoms with Gasteiger partial charge in [-0.3, -0.25) is 0 Å². The molecular weight excluding hydrogens is 332 g/mol. The third kappa shape index (κ3) is 3.79. The highest BCUT2D eigenvalue weighted by molar-refractivity contribution is 9.10. The standard InChI is InChI=1S/C13H14BrClN2O2/c1-18-5-4-16-7-12-13(19-8-17-12)10-3-2-9(14)6-11(10)15/h2-3,6,8,16H,4-5,7H2,1H3. The van der Waals surface area contributed by atoms with Crippen molar-refractivity contribution in [2.24, 2.45) is 0 Å². The number of halogens is 2. The van der Waals surface area contributed by atoms with E-state index in [1.54, 1.807) is 7.11 Å². The maximum atomic E-state index is 6.22. The normalized spacial score (nSPS) is 10.9. The molecule has 2 rings (SSSR count). The van der Waals surface area contributed by atoms with Gasteiger partial charge in [0.05, 0.1) is 11.6 Å². The van der Waals surface area contributed by atoms with Crippen LogP contribution in [0.4, 0.5) is 0 Å². The van der Waals surface area contributed by atoms with Gasteiger partial charge in [-0.2, -0.15) is 0 Å². The highest BCUT2D eigenvalue weighted by atomic mass is 79.9. The molecule has 0 atom stereocenters. The topological polar surface area (TPSA) is 47.3 Å². The number of hydrogen-bond acceptors (Lipinski definition) is 4. The van der Waals surface area contributed by atoms with Crippen LogP contribution in [0.5, 0.6) is 0 Å².